The largest absolute Gasteiger partial charge is 0.455 e. The van der Waals surface area contributed by atoms with Crippen molar-refractivity contribution >= 4 is 23.7 Å². The number of hydrogen-bond acceptors (Lipinski definition) is 3. The normalized spacial score (nSPS) is 10.9. The zero-order valence-corrected chi connectivity index (χ0v) is 13.5. The van der Waals surface area contributed by atoms with Gasteiger partial charge in [-0.2, -0.15) is 5.10 Å². The van der Waals surface area contributed by atoms with Crippen LogP contribution in [-0.4, -0.2) is 12.1 Å². The van der Waals surface area contributed by atoms with E-state index in [4.69, 9.17) is 16.0 Å². The predicted octanol–water partition coefficient (Wildman–Crippen LogP) is 4.29. The van der Waals surface area contributed by atoms with Crippen LogP contribution in [0.4, 0.5) is 0 Å². The van der Waals surface area contributed by atoms with Gasteiger partial charge in [0, 0.05) is 10.6 Å². The minimum atomic E-state index is -0.179. The number of hydrogen-bond donors (Lipinski definition) is 1. The Kier molecular flexibility index (Phi) is 5.08. The van der Waals surface area contributed by atoms with Gasteiger partial charge in [-0.15, -0.1) is 0 Å². The fourth-order valence-electron chi connectivity index (χ4n) is 2.18. The van der Waals surface area contributed by atoms with Crippen LogP contribution >= 0.6 is 11.6 Å². The molecule has 0 aliphatic heterocycles. The van der Waals surface area contributed by atoms with Crippen LogP contribution in [0.3, 0.4) is 0 Å². The first-order valence-corrected chi connectivity index (χ1v) is 7.80. The Balaban J connectivity index is 1.57. The van der Waals surface area contributed by atoms with E-state index in [9.17, 15) is 4.79 Å². The molecule has 0 atom stereocenters. The van der Waals surface area contributed by atoms with Crippen LogP contribution < -0.4 is 5.43 Å². The van der Waals surface area contributed by atoms with Crippen LogP contribution in [-0.2, 0) is 11.2 Å². The van der Waals surface area contributed by atoms with Gasteiger partial charge in [0.15, 0.2) is 0 Å². The van der Waals surface area contributed by atoms with Crippen LogP contribution in [0.1, 0.15) is 11.3 Å². The molecular formula is C19H15ClN2O2. The molecule has 1 aromatic heterocycles. The molecule has 3 rings (SSSR count). The average molecular weight is 339 g/mol. The lowest BCUT2D eigenvalue weighted by Crippen LogP contribution is -2.19. The van der Waals surface area contributed by atoms with Gasteiger partial charge in [-0.1, -0.05) is 41.9 Å². The minimum Gasteiger partial charge on any atom is -0.455 e. The Morgan fingerprint density at radius 3 is 2.54 bits per heavy atom. The summed E-state index contributed by atoms with van der Waals surface area (Å²) < 4.78 is 5.67. The van der Waals surface area contributed by atoms with Gasteiger partial charge in [-0.3, -0.25) is 4.79 Å². The van der Waals surface area contributed by atoms with Crippen molar-refractivity contribution in [2.24, 2.45) is 5.10 Å². The zero-order chi connectivity index (χ0) is 16.8. The van der Waals surface area contributed by atoms with Gasteiger partial charge >= 0.3 is 0 Å². The van der Waals surface area contributed by atoms with Crippen LogP contribution in [0.15, 0.2) is 76.2 Å². The number of benzene rings is 2. The van der Waals surface area contributed by atoms with E-state index in [0.29, 0.717) is 16.5 Å². The highest BCUT2D eigenvalue weighted by Gasteiger charge is 2.04. The lowest BCUT2D eigenvalue weighted by Gasteiger charge is -1.99. The van der Waals surface area contributed by atoms with Gasteiger partial charge in [0.1, 0.15) is 11.5 Å². The third kappa shape index (κ3) is 4.33. The molecule has 0 bridgehead atoms. The van der Waals surface area contributed by atoms with E-state index in [1.807, 2.05) is 48.5 Å². The maximum Gasteiger partial charge on any atom is 0.244 e. The molecule has 0 spiro atoms. The summed E-state index contributed by atoms with van der Waals surface area (Å²) in [6, 6.07) is 20.5. The second kappa shape index (κ2) is 7.62. The lowest BCUT2D eigenvalue weighted by atomic mass is 10.1. The van der Waals surface area contributed by atoms with Crippen molar-refractivity contribution in [3.05, 3.63) is 83.1 Å². The van der Waals surface area contributed by atoms with Crippen LogP contribution in [0.2, 0.25) is 5.02 Å². The number of amides is 1. The van der Waals surface area contributed by atoms with Crippen molar-refractivity contribution in [2.75, 3.05) is 0 Å². The summed E-state index contributed by atoms with van der Waals surface area (Å²) in [6.07, 6.45) is 1.76. The lowest BCUT2D eigenvalue weighted by molar-refractivity contribution is -0.120. The highest BCUT2D eigenvalue weighted by atomic mass is 35.5. The van der Waals surface area contributed by atoms with E-state index in [0.717, 1.165) is 11.1 Å². The van der Waals surface area contributed by atoms with Gasteiger partial charge < -0.3 is 4.42 Å². The van der Waals surface area contributed by atoms with E-state index >= 15 is 0 Å². The molecule has 0 aliphatic carbocycles. The van der Waals surface area contributed by atoms with Crippen molar-refractivity contribution < 1.29 is 9.21 Å². The molecule has 5 heteroatoms. The van der Waals surface area contributed by atoms with Gasteiger partial charge in [-0.05, 0) is 42.0 Å². The van der Waals surface area contributed by atoms with E-state index in [-0.39, 0.29) is 12.3 Å². The van der Waals surface area contributed by atoms with Gasteiger partial charge in [0.2, 0.25) is 5.91 Å². The SMILES string of the molecule is O=C(Cc1ccccc1)N/N=C/c1ccc(-c2ccc(Cl)cc2)o1. The van der Waals surface area contributed by atoms with Crippen molar-refractivity contribution in [1.29, 1.82) is 0 Å². The molecule has 1 heterocycles. The highest BCUT2D eigenvalue weighted by Crippen LogP contribution is 2.23. The van der Waals surface area contributed by atoms with Gasteiger partial charge in [-0.25, -0.2) is 5.43 Å². The fraction of sp³-hybridized carbons (Fsp3) is 0.0526. The van der Waals surface area contributed by atoms with E-state index in [2.05, 4.69) is 10.5 Å². The Morgan fingerprint density at radius 2 is 1.79 bits per heavy atom. The average Bonchev–Trinajstić information content (AvgIpc) is 3.05. The summed E-state index contributed by atoms with van der Waals surface area (Å²) in [5, 5.41) is 4.59. The van der Waals surface area contributed by atoms with Gasteiger partial charge in [0.25, 0.3) is 0 Å². The molecule has 24 heavy (non-hydrogen) atoms. The fourth-order valence-corrected chi connectivity index (χ4v) is 2.31. The van der Waals surface area contributed by atoms with E-state index < -0.39 is 0 Å². The zero-order valence-electron chi connectivity index (χ0n) is 12.8. The van der Waals surface area contributed by atoms with Crippen LogP contribution in [0.25, 0.3) is 11.3 Å². The number of nitrogens with one attached hydrogen (secondary N) is 1. The van der Waals surface area contributed by atoms with Crippen LogP contribution in [0.5, 0.6) is 0 Å². The maximum absolute atomic E-state index is 11.8. The minimum absolute atomic E-state index is 0.179. The topological polar surface area (TPSA) is 54.6 Å². The Bertz CT molecular complexity index is 839. The van der Waals surface area contributed by atoms with Crippen molar-refractivity contribution in [3.63, 3.8) is 0 Å². The number of halogens is 1. The maximum atomic E-state index is 11.8. The molecule has 120 valence electrons. The van der Waals surface area contributed by atoms with Gasteiger partial charge in [0.05, 0.1) is 12.6 Å². The standard InChI is InChI=1S/C19H15ClN2O2/c20-16-8-6-15(7-9-16)18-11-10-17(24-18)13-21-22-19(23)12-14-4-2-1-3-5-14/h1-11,13H,12H2,(H,22,23)/b21-13+. The molecule has 0 saturated carbocycles. The van der Waals surface area contributed by atoms with E-state index in [1.54, 1.807) is 18.2 Å². The summed E-state index contributed by atoms with van der Waals surface area (Å²) in [5.74, 6) is 1.09. The third-order valence-electron chi connectivity index (χ3n) is 3.34. The molecule has 3 aromatic rings. The van der Waals surface area contributed by atoms with E-state index in [1.165, 1.54) is 6.21 Å². The summed E-state index contributed by atoms with van der Waals surface area (Å²) in [7, 11) is 0. The molecule has 0 unspecified atom stereocenters. The van der Waals surface area contributed by atoms with Crippen molar-refractivity contribution in [1.82, 2.24) is 5.43 Å². The molecule has 2 aromatic carbocycles. The third-order valence-corrected chi connectivity index (χ3v) is 3.60. The molecule has 0 saturated heterocycles. The first-order chi connectivity index (χ1) is 11.7. The molecule has 0 radical (unpaired) electrons. The second-order valence-electron chi connectivity index (χ2n) is 5.16. The summed E-state index contributed by atoms with van der Waals surface area (Å²) >= 11 is 5.87. The summed E-state index contributed by atoms with van der Waals surface area (Å²) in [6.45, 7) is 0. The second-order valence-corrected chi connectivity index (χ2v) is 5.60. The molecule has 1 N–H and O–H groups in total. The molecule has 1 amide bonds. The Labute approximate surface area is 144 Å². The number of carbonyl (C=O) groups excluding carboxylic acids is 1. The molecule has 4 nitrogen and oxygen atoms in total. The van der Waals surface area contributed by atoms with Crippen molar-refractivity contribution in [3.8, 4) is 11.3 Å². The molecule has 0 fully saturated rings. The first kappa shape index (κ1) is 16.0. The van der Waals surface area contributed by atoms with Crippen molar-refractivity contribution in [2.45, 2.75) is 6.42 Å². The summed E-state index contributed by atoms with van der Waals surface area (Å²) in [4.78, 5) is 11.8. The number of furan rings is 1. The van der Waals surface area contributed by atoms with Crippen LogP contribution in [0, 0.1) is 0 Å². The first-order valence-electron chi connectivity index (χ1n) is 7.42. The summed E-state index contributed by atoms with van der Waals surface area (Å²) in [5.41, 5.74) is 4.35. The molecular weight excluding hydrogens is 324 g/mol. The Morgan fingerprint density at radius 1 is 1.04 bits per heavy atom. The highest BCUT2D eigenvalue weighted by molar-refractivity contribution is 6.30. The smallest absolute Gasteiger partial charge is 0.244 e. The molecule has 0 aliphatic rings. The Hall–Kier alpha value is -2.85. The number of rotatable bonds is 5. The number of nitrogens with zero attached hydrogens (tertiary/aromatic N) is 1. The predicted molar refractivity (Wildman–Crippen MR) is 95.0 cm³/mol. The monoisotopic (exact) mass is 338 g/mol. The number of hydrazone groups is 1. The number of carbonyl (C=O) groups is 1. The quantitative estimate of drug-likeness (QED) is 0.557.